The molecule has 0 atom stereocenters. The molecule has 2 fully saturated rings. The second-order valence-electron chi connectivity index (χ2n) is 6.02. The van der Waals surface area contributed by atoms with Crippen LogP contribution < -0.4 is 0 Å². The lowest BCUT2D eigenvalue weighted by Crippen LogP contribution is -2.48. The summed E-state index contributed by atoms with van der Waals surface area (Å²) in [6, 6.07) is 0. The normalized spacial score (nSPS) is 29.1. The van der Waals surface area contributed by atoms with Crippen LogP contribution >= 0.6 is 15.9 Å². The van der Waals surface area contributed by atoms with E-state index >= 15 is 0 Å². The van der Waals surface area contributed by atoms with E-state index in [1.807, 2.05) is 6.92 Å². The van der Waals surface area contributed by atoms with Crippen molar-refractivity contribution in [2.75, 3.05) is 38.2 Å². The fourth-order valence-electron chi connectivity index (χ4n) is 2.81. The van der Waals surface area contributed by atoms with E-state index in [-0.39, 0.29) is 0 Å². The van der Waals surface area contributed by atoms with Crippen molar-refractivity contribution in [3.8, 4) is 0 Å². The number of halogens is 1. The van der Waals surface area contributed by atoms with E-state index in [1.54, 1.807) is 0 Å². The third-order valence-corrected chi connectivity index (χ3v) is 5.52. The molecule has 0 aliphatic carbocycles. The van der Waals surface area contributed by atoms with E-state index < -0.39 is 5.60 Å². The fourth-order valence-corrected chi connectivity index (χ4v) is 3.54. The van der Waals surface area contributed by atoms with Gasteiger partial charge in [-0.2, -0.15) is 0 Å². The number of hydrogen-bond donors (Lipinski definition) is 1. The molecule has 3 nitrogen and oxygen atoms in total. The molecule has 2 aliphatic rings. The van der Waals surface area contributed by atoms with Crippen LogP contribution in [0, 0.1) is 5.41 Å². The molecule has 0 spiro atoms. The Balaban J connectivity index is 1.87. The van der Waals surface area contributed by atoms with Crippen LogP contribution in [0.15, 0.2) is 0 Å². The zero-order valence-corrected chi connectivity index (χ0v) is 12.3. The Kier molecular flexibility index (Phi) is 4.50. The molecule has 2 heterocycles. The Morgan fingerprint density at radius 2 is 1.76 bits per heavy atom. The first-order valence-corrected chi connectivity index (χ1v) is 7.76. The highest BCUT2D eigenvalue weighted by Crippen LogP contribution is 2.35. The Morgan fingerprint density at radius 3 is 2.29 bits per heavy atom. The van der Waals surface area contributed by atoms with Crippen LogP contribution in [-0.4, -0.2) is 53.8 Å². The van der Waals surface area contributed by atoms with Gasteiger partial charge in [-0.25, -0.2) is 0 Å². The average Bonchev–Trinajstić information content (AvgIpc) is 2.33. The summed E-state index contributed by atoms with van der Waals surface area (Å²) in [4.78, 5) is 2.52. The minimum atomic E-state index is -0.437. The Morgan fingerprint density at radius 1 is 1.18 bits per heavy atom. The van der Waals surface area contributed by atoms with Gasteiger partial charge in [-0.05, 0) is 38.0 Å². The highest BCUT2D eigenvalue weighted by Gasteiger charge is 2.36. The molecule has 0 bridgehead atoms. The number of ether oxygens (including phenoxy) is 1. The maximum atomic E-state index is 9.96. The van der Waals surface area contributed by atoms with E-state index in [4.69, 9.17) is 4.74 Å². The van der Waals surface area contributed by atoms with Crippen LogP contribution in [-0.2, 0) is 4.74 Å². The molecule has 2 rings (SSSR count). The van der Waals surface area contributed by atoms with E-state index in [0.717, 1.165) is 63.9 Å². The first-order valence-electron chi connectivity index (χ1n) is 6.64. The average molecular weight is 306 g/mol. The summed E-state index contributed by atoms with van der Waals surface area (Å²) < 4.78 is 5.47. The van der Waals surface area contributed by atoms with Gasteiger partial charge in [0.15, 0.2) is 0 Å². The Hall–Kier alpha value is 0.360. The topological polar surface area (TPSA) is 32.7 Å². The molecule has 1 N–H and O–H groups in total. The third kappa shape index (κ3) is 3.66. The van der Waals surface area contributed by atoms with Gasteiger partial charge in [0.25, 0.3) is 0 Å². The molecule has 100 valence electrons. The van der Waals surface area contributed by atoms with Crippen molar-refractivity contribution in [1.29, 1.82) is 0 Å². The number of aliphatic hydroxyl groups is 1. The standard InChI is InChI=1S/C13H24BrNO2/c1-12(16)2-6-15(7-3-12)11-13(10-14)4-8-17-9-5-13/h16H,2-11H2,1H3. The van der Waals surface area contributed by atoms with Crippen molar-refractivity contribution in [2.45, 2.75) is 38.2 Å². The number of rotatable bonds is 3. The number of likely N-dealkylation sites (tertiary alicyclic amines) is 1. The van der Waals surface area contributed by atoms with Gasteiger partial charge in [0.2, 0.25) is 0 Å². The molecule has 2 saturated heterocycles. The van der Waals surface area contributed by atoms with Crippen molar-refractivity contribution < 1.29 is 9.84 Å². The number of piperidine rings is 1. The van der Waals surface area contributed by atoms with Crippen LogP contribution in [0.1, 0.15) is 32.6 Å². The van der Waals surface area contributed by atoms with Gasteiger partial charge in [-0.15, -0.1) is 0 Å². The lowest BCUT2D eigenvalue weighted by molar-refractivity contribution is -0.0326. The zero-order valence-electron chi connectivity index (χ0n) is 10.8. The third-order valence-electron chi connectivity index (χ3n) is 4.33. The second kappa shape index (κ2) is 5.55. The van der Waals surface area contributed by atoms with Crippen molar-refractivity contribution >= 4 is 15.9 Å². The van der Waals surface area contributed by atoms with Crippen LogP contribution in [0.2, 0.25) is 0 Å². The molecular weight excluding hydrogens is 282 g/mol. The SMILES string of the molecule is CC1(O)CCN(CC2(CBr)CCOCC2)CC1. The minimum Gasteiger partial charge on any atom is -0.390 e. The number of nitrogens with zero attached hydrogens (tertiary/aromatic N) is 1. The van der Waals surface area contributed by atoms with Gasteiger partial charge in [0, 0.05) is 38.2 Å². The van der Waals surface area contributed by atoms with Crippen molar-refractivity contribution in [2.24, 2.45) is 5.41 Å². The molecular formula is C13H24BrNO2. The Labute approximate surface area is 113 Å². The predicted molar refractivity (Wildman–Crippen MR) is 72.6 cm³/mol. The highest BCUT2D eigenvalue weighted by molar-refractivity contribution is 9.09. The molecule has 2 aliphatic heterocycles. The predicted octanol–water partition coefficient (Wildman–Crippen LogP) is 2.02. The summed E-state index contributed by atoms with van der Waals surface area (Å²) in [5.74, 6) is 0. The fraction of sp³-hybridized carbons (Fsp3) is 1.00. The molecule has 0 aromatic carbocycles. The largest absolute Gasteiger partial charge is 0.390 e. The molecule has 0 amide bonds. The molecule has 0 unspecified atom stereocenters. The monoisotopic (exact) mass is 305 g/mol. The summed E-state index contributed by atoms with van der Waals surface area (Å²) in [5.41, 5.74) is -0.0464. The van der Waals surface area contributed by atoms with E-state index in [9.17, 15) is 5.11 Å². The van der Waals surface area contributed by atoms with Gasteiger partial charge in [0.1, 0.15) is 0 Å². The van der Waals surface area contributed by atoms with Gasteiger partial charge >= 0.3 is 0 Å². The summed E-state index contributed by atoms with van der Waals surface area (Å²) in [7, 11) is 0. The Bertz CT molecular complexity index is 242. The minimum absolute atomic E-state index is 0.390. The summed E-state index contributed by atoms with van der Waals surface area (Å²) in [5, 5.41) is 11.0. The summed E-state index contributed by atoms with van der Waals surface area (Å²) >= 11 is 3.69. The van der Waals surface area contributed by atoms with E-state index in [1.165, 1.54) is 0 Å². The summed E-state index contributed by atoms with van der Waals surface area (Å²) in [6.07, 6.45) is 4.13. The maximum absolute atomic E-state index is 9.96. The van der Waals surface area contributed by atoms with Crippen LogP contribution in [0.4, 0.5) is 0 Å². The first-order chi connectivity index (χ1) is 8.05. The van der Waals surface area contributed by atoms with Gasteiger partial charge < -0.3 is 14.7 Å². The maximum Gasteiger partial charge on any atom is 0.0644 e. The quantitative estimate of drug-likeness (QED) is 0.810. The van der Waals surface area contributed by atoms with Crippen molar-refractivity contribution in [3.63, 3.8) is 0 Å². The molecule has 0 aromatic heterocycles. The van der Waals surface area contributed by atoms with Gasteiger partial charge in [0.05, 0.1) is 5.60 Å². The van der Waals surface area contributed by atoms with E-state index in [2.05, 4.69) is 20.8 Å². The molecule has 4 heteroatoms. The molecule has 0 radical (unpaired) electrons. The highest BCUT2D eigenvalue weighted by atomic mass is 79.9. The van der Waals surface area contributed by atoms with E-state index in [0.29, 0.717) is 5.41 Å². The lowest BCUT2D eigenvalue weighted by Gasteiger charge is -2.43. The van der Waals surface area contributed by atoms with Crippen LogP contribution in [0.3, 0.4) is 0 Å². The summed E-state index contributed by atoms with van der Waals surface area (Å²) in [6.45, 7) is 6.97. The molecule has 0 aromatic rings. The smallest absolute Gasteiger partial charge is 0.0644 e. The van der Waals surface area contributed by atoms with Gasteiger partial charge in [-0.3, -0.25) is 0 Å². The van der Waals surface area contributed by atoms with Crippen LogP contribution in [0.5, 0.6) is 0 Å². The van der Waals surface area contributed by atoms with Crippen molar-refractivity contribution in [3.05, 3.63) is 0 Å². The second-order valence-corrected chi connectivity index (χ2v) is 6.58. The lowest BCUT2D eigenvalue weighted by atomic mass is 9.81. The van der Waals surface area contributed by atoms with Crippen LogP contribution in [0.25, 0.3) is 0 Å². The molecule has 0 saturated carbocycles. The number of alkyl halides is 1. The molecule has 17 heavy (non-hydrogen) atoms. The van der Waals surface area contributed by atoms with Gasteiger partial charge in [-0.1, -0.05) is 15.9 Å². The zero-order chi connectivity index (χ0) is 12.4. The van der Waals surface area contributed by atoms with Crippen molar-refractivity contribution in [1.82, 2.24) is 4.90 Å². The first kappa shape index (κ1) is 13.8. The number of hydrogen-bond acceptors (Lipinski definition) is 3.